The van der Waals surface area contributed by atoms with E-state index in [4.69, 9.17) is 10.5 Å². The predicted molar refractivity (Wildman–Crippen MR) is 96.4 cm³/mol. The number of hydrogen-bond acceptors (Lipinski definition) is 5. The van der Waals surface area contributed by atoms with Gasteiger partial charge in [-0.25, -0.2) is 4.21 Å². The zero-order valence-corrected chi connectivity index (χ0v) is 14.7. The van der Waals surface area contributed by atoms with Gasteiger partial charge in [0.15, 0.2) is 5.78 Å². The van der Waals surface area contributed by atoms with Gasteiger partial charge in [-0.2, -0.15) is 0 Å². The number of phenols is 1. The van der Waals surface area contributed by atoms with Crippen molar-refractivity contribution in [1.29, 1.82) is 0 Å². The van der Waals surface area contributed by atoms with Gasteiger partial charge < -0.3 is 15.6 Å². The molecule has 0 amide bonds. The SMILES string of the molecule is COc1cc(O)c(C(=O)c2ccc(C)cc2)cc1N(CCN)S(=O)O. The lowest BCUT2D eigenvalue weighted by molar-refractivity contribution is 0.103. The predicted octanol–water partition coefficient (Wildman–Crippen LogP) is 1.84. The molecule has 0 fully saturated rings. The fourth-order valence-electron chi connectivity index (χ4n) is 2.36. The average molecular weight is 364 g/mol. The van der Waals surface area contributed by atoms with Crippen molar-refractivity contribution >= 4 is 22.7 Å². The van der Waals surface area contributed by atoms with E-state index < -0.39 is 17.0 Å². The summed E-state index contributed by atoms with van der Waals surface area (Å²) >= 11 is -2.36. The molecule has 7 nitrogen and oxygen atoms in total. The molecule has 1 unspecified atom stereocenters. The summed E-state index contributed by atoms with van der Waals surface area (Å²) in [6.45, 7) is 2.10. The number of methoxy groups -OCH3 is 1. The van der Waals surface area contributed by atoms with E-state index in [1.165, 1.54) is 19.2 Å². The molecule has 4 N–H and O–H groups in total. The Morgan fingerprint density at radius 2 is 1.92 bits per heavy atom. The van der Waals surface area contributed by atoms with Crippen molar-refractivity contribution in [2.24, 2.45) is 5.73 Å². The van der Waals surface area contributed by atoms with Crippen molar-refractivity contribution in [2.45, 2.75) is 6.92 Å². The number of ketones is 1. The smallest absolute Gasteiger partial charge is 0.261 e. The number of anilines is 1. The Morgan fingerprint density at radius 1 is 1.28 bits per heavy atom. The summed E-state index contributed by atoms with van der Waals surface area (Å²) in [5.41, 5.74) is 7.08. The van der Waals surface area contributed by atoms with E-state index >= 15 is 0 Å². The minimum Gasteiger partial charge on any atom is -0.507 e. The Balaban J connectivity index is 2.55. The number of phenolic OH excluding ortho intramolecular Hbond substituents is 1. The van der Waals surface area contributed by atoms with Crippen molar-refractivity contribution < 1.29 is 23.4 Å². The number of hydrogen-bond donors (Lipinski definition) is 3. The molecule has 1 atom stereocenters. The summed E-state index contributed by atoms with van der Waals surface area (Å²) in [5.74, 6) is -0.519. The molecule has 0 radical (unpaired) electrons. The number of rotatable bonds is 7. The lowest BCUT2D eigenvalue weighted by atomic mass is 10.0. The van der Waals surface area contributed by atoms with Crippen molar-refractivity contribution in [2.75, 3.05) is 24.5 Å². The van der Waals surface area contributed by atoms with E-state index in [0.717, 1.165) is 9.87 Å². The van der Waals surface area contributed by atoms with Gasteiger partial charge >= 0.3 is 0 Å². The zero-order valence-electron chi connectivity index (χ0n) is 13.9. The second-order valence-electron chi connectivity index (χ2n) is 5.36. The molecule has 0 saturated carbocycles. The molecule has 0 saturated heterocycles. The van der Waals surface area contributed by atoms with Crippen LogP contribution in [0.4, 0.5) is 5.69 Å². The molecule has 0 aliphatic carbocycles. The molecule has 134 valence electrons. The highest BCUT2D eigenvalue weighted by Crippen LogP contribution is 2.36. The minimum absolute atomic E-state index is 0.00660. The topological polar surface area (TPSA) is 113 Å². The third kappa shape index (κ3) is 4.16. The lowest BCUT2D eigenvalue weighted by Crippen LogP contribution is -2.31. The standard InChI is InChI=1S/C17H20N2O5S/c1-11-3-5-12(6-4-11)17(21)13-9-14(16(24-2)10-15(13)20)19(8-7-18)25(22)23/h3-6,9-10,20H,7-8,18H2,1-2H3,(H,22,23). The number of ether oxygens (including phenoxy) is 1. The summed E-state index contributed by atoms with van der Waals surface area (Å²) in [5, 5.41) is 10.2. The van der Waals surface area contributed by atoms with Crippen molar-refractivity contribution in [1.82, 2.24) is 0 Å². The number of aromatic hydroxyl groups is 1. The molecule has 2 rings (SSSR count). The Morgan fingerprint density at radius 3 is 2.44 bits per heavy atom. The van der Waals surface area contributed by atoms with E-state index in [0.29, 0.717) is 5.56 Å². The van der Waals surface area contributed by atoms with E-state index in [-0.39, 0.29) is 35.8 Å². The molecule has 0 heterocycles. The Kier molecular flexibility index (Phi) is 6.13. The van der Waals surface area contributed by atoms with Crippen LogP contribution in [0.15, 0.2) is 36.4 Å². The number of aryl methyl sites for hydroxylation is 1. The molecule has 8 heteroatoms. The summed E-state index contributed by atoms with van der Waals surface area (Å²) in [4.78, 5) is 12.7. The van der Waals surface area contributed by atoms with Gasteiger partial charge in [-0.3, -0.25) is 13.7 Å². The van der Waals surface area contributed by atoms with Gasteiger partial charge in [-0.1, -0.05) is 29.8 Å². The van der Waals surface area contributed by atoms with E-state index in [9.17, 15) is 18.7 Å². The number of carbonyl (C=O) groups excluding carboxylic acids is 1. The highest BCUT2D eigenvalue weighted by Gasteiger charge is 2.22. The fraction of sp³-hybridized carbons (Fsp3) is 0.235. The highest BCUT2D eigenvalue weighted by atomic mass is 32.2. The van der Waals surface area contributed by atoms with Gasteiger partial charge in [-0.05, 0) is 13.0 Å². The molecule has 0 aliphatic heterocycles. The lowest BCUT2D eigenvalue weighted by Gasteiger charge is -2.22. The van der Waals surface area contributed by atoms with Crippen LogP contribution < -0.4 is 14.8 Å². The maximum absolute atomic E-state index is 12.7. The van der Waals surface area contributed by atoms with Crippen LogP contribution in [0.5, 0.6) is 11.5 Å². The van der Waals surface area contributed by atoms with Crippen LogP contribution in [0.25, 0.3) is 0 Å². The van der Waals surface area contributed by atoms with Crippen LogP contribution >= 0.6 is 0 Å². The van der Waals surface area contributed by atoms with Crippen LogP contribution in [0.2, 0.25) is 0 Å². The van der Waals surface area contributed by atoms with Gasteiger partial charge in [0.1, 0.15) is 11.5 Å². The number of benzene rings is 2. The quantitative estimate of drug-likeness (QED) is 0.510. The highest BCUT2D eigenvalue weighted by molar-refractivity contribution is 7.80. The number of carbonyl (C=O) groups is 1. The first-order valence-corrected chi connectivity index (χ1v) is 8.56. The summed E-state index contributed by atoms with van der Waals surface area (Å²) < 4.78 is 27.4. The maximum Gasteiger partial charge on any atom is 0.261 e. The Hall–Kier alpha value is -2.42. The average Bonchev–Trinajstić information content (AvgIpc) is 2.59. The maximum atomic E-state index is 12.7. The fourth-order valence-corrected chi connectivity index (χ4v) is 2.93. The Labute approximate surface area is 148 Å². The molecule has 25 heavy (non-hydrogen) atoms. The molecule has 0 bridgehead atoms. The second-order valence-corrected chi connectivity index (χ2v) is 6.26. The van der Waals surface area contributed by atoms with Gasteiger partial charge in [0.2, 0.25) is 0 Å². The van der Waals surface area contributed by atoms with Crippen LogP contribution in [0.1, 0.15) is 21.5 Å². The third-order valence-electron chi connectivity index (χ3n) is 3.64. The first kappa shape index (κ1) is 18.9. The molecule has 0 aliphatic rings. The summed E-state index contributed by atoms with van der Waals surface area (Å²) in [6.07, 6.45) is 0. The summed E-state index contributed by atoms with van der Waals surface area (Å²) in [7, 11) is 1.36. The molecular weight excluding hydrogens is 344 g/mol. The largest absolute Gasteiger partial charge is 0.507 e. The van der Waals surface area contributed by atoms with Crippen LogP contribution in [-0.2, 0) is 11.3 Å². The number of nitrogens with two attached hydrogens (primary N) is 1. The van der Waals surface area contributed by atoms with Gasteiger partial charge in [0.25, 0.3) is 11.3 Å². The van der Waals surface area contributed by atoms with E-state index in [1.807, 2.05) is 6.92 Å². The van der Waals surface area contributed by atoms with E-state index in [1.54, 1.807) is 24.3 Å². The van der Waals surface area contributed by atoms with Crippen molar-refractivity contribution in [3.05, 3.63) is 53.1 Å². The van der Waals surface area contributed by atoms with E-state index in [2.05, 4.69) is 0 Å². The van der Waals surface area contributed by atoms with Gasteiger partial charge in [-0.15, -0.1) is 0 Å². The van der Waals surface area contributed by atoms with Crippen LogP contribution in [-0.4, -0.2) is 39.9 Å². The Bertz CT molecular complexity index is 792. The van der Waals surface area contributed by atoms with Crippen LogP contribution in [0.3, 0.4) is 0 Å². The molecule has 0 spiro atoms. The molecule has 2 aromatic carbocycles. The van der Waals surface area contributed by atoms with Crippen molar-refractivity contribution in [3.8, 4) is 11.5 Å². The first-order chi connectivity index (χ1) is 11.9. The monoisotopic (exact) mass is 364 g/mol. The molecular formula is C17H20N2O5S. The molecule has 2 aromatic rings. The second kappa shape index (κ2) is 8.11. The van der Waals surface area contributed by atoms with Crippen molar-refractivity contribution in [3.63, 3.8) is 0 Å². The third-order valence-corrected chi connectivity index (χ3v) is 4.40. The normalized spacial score (nSPS) is 11.8. The minimum atomic E-state index is -2.36. The van der Waals surface area contributed by atoms with Gasteiger partial charge in [0, 0.05) is 24.7 Å². The van der Waals surface area contributed by atoms with Gasteiger partial charge in [0.05, 0.1) is 18.4 Å². The number of nitrogens with zero attached hydrogens (tertiary/aromatic N) is 1. The molecule has 0 aromatic heterocycles. The summed E-state index contributed by atoms with van der Waals surface area (Å²) in [6, 6.07) is 9.47. The van der Waals surface area contributed by atoms with Crippen LogP contribution in [0, 0.1) is 6.92 Å². The first-order valence-electron chi connectivity index (χ1n) is 7.50. The zero-order chi connectivity index (χ0) is 18.6.